The SMILES string of the molecule is CCC1CNCC(CN)N1.NCC1CNC(CN)CN1. The minimum atomic E-state index is 0.433. The predicted octanol–water partition coefficient (Wildman–Crippen LogP) is -2.88. The van der Waals surface area contributed by atoms with Crippen LogP contribution in [0.15, 0.2) is 0 Å². The van der Waals surface area contributed by atoms with Crippen molar-refractivity contribution in [2.45, 2.75) is 37.5 Å². The van der Waals surface area contributed by atoms with Crippen LogP contribution in [0.5, 0.6) is 0 Å². The van der Waals surface area contributed by atoms with Gasteiger partial charge in [0.2, 0.25) is 0 Å². The Morgan fingerprint density at radius 2 is 1.25 bits per heavy atom. The highest BCUT2D eigenvalue weighted by molar-refractivity contribution is 4.84. The van der Waals surface area contributed by atoms with E-state index in [0.717, 1.165) is 32.7 Å². The summed E-state index contributed by atoms with van der Waals surface area (Å²) in [6.45, 7) is 8.33. The van der Waals surface area contributed by atoms with Gasteiger partial charge >= 0.3 is 0 Å². The molecule has 0 saturated carbocycles. The highest BCUT2D eigenvalue weighted by atomic mass is 15.1. The molecule has 0 amide bonds. The molecule has 20 heavy (non-hydrogen) atoms. The van der Waals surface area contributed by atoms with Crippen molar-refractivity contribution in [2.75, 3.05) is 45.8 Å². The van der Waals surface area contributed by atoms with Gasteiger partial charge in [-0.2, -0.15) is 0 Å². The van der Waals surface area contributed by atoms with Crippen LogP contribution in [0.4, 0.5) is 0 Å². The number of hydrogen-bond acceptors (Lipinski definition) is 7. The average molecular weight is 287 g/mol. The minimum absolute atomic E-state index is 0.433. The summed E-state index contributed by atoms with van der Waals surface area (Å²) in [7, 11) is 0. The van der Waals surface area contributed by atoms with E-state index in [1.165, 1.54) is 6.42 Å². The molecule has 2 saturated heterocycles. The molecule has 0 bridgehead atoms. The number of nitrogens with two attached hydrogens (primary N) is 3. The molecule has 2 aliphatic rings. The monoisotopic (exact) mass is 287 g/mol. The molecule has 2 fully saturated rings. The van der Waals surface area contributed by atoms with E-state index in [9.17, 15) is 0 Å². The van der Waals surface area contributed by atoms with Gasteiger partial charge in [-0.15, -0.1) is 0 Å². The predicted molar refractivity (Wildman–Crippen MR) is 84.6 cm³/mol. The molecular weight excluding hydrogens is 254 g/mol. The molecule has 0 aromatic heterocycles. The standard InChI is InChI=1S/C7H17N3.C6H16N4/c1-2-6-4-9-5-7(3-8)10-6;7-1-5-3-10-6(2-8)4-9-5/h6-7,9-10H,2-5,8H2,1H3;5-6,9-10H,1-4,7-8H2. The maximum Gasteiger partial charge on any atom is 0.0318 e. The van der Waals surface area contributed by atoms with Crippen LogP contribution >= 0.6 is 0 Å². The summed E-state index contributed by atoms with van der Waals surface area (Å²) in [5.41, 5.74) is 16.4. The molecule has 120 valence electrons. The molecule has 0 radical (unpaired) electrons. The summed E-state index contributed by atoms with van der Waals surface area (Å²) in [4.78, 5) is 0. The van der Waals surface area contributed by atoms with Crippen molar-refractivity contribution in [1.29, 1.82) is 0 Å². The summed E-state index contributed by atoms with van der Waals surface area (Å²) in [5.74, 6) is 0. The van der Waals surface area contributed by atoms with Gasteiger partial charge in [-0.05, 0) is 6.42 Å². The fourth-order valence-corrected chi connectivity index (χ4v) is 2.39. The third-order valence-corrected chi connectivity index (χ3v) is 3.91. The number of rotatable bonds is 4. The molecule has 0 aliphatic carbocycles. The van der Waals surface area contributed by atoms with Gasteiger partial charge in [0.15, 0.2) is 0 Å². The topological polar surface area (TPSA) is 126 Å². The van der Waals surface area contributed by atoms with Crippen molar-refractivity contribution in [3.63, 3.8) is 0 Å². The van der Waals surface area contributed by atoms with Crippen LogP contribution < -0.4 is 38.5 Å². The Balaban J connectivity index is 0.000000200. The minimum Gasteiger partial charge on any atom is -0.329 e. The zero-order valence-electron chi connectivity index (χ0n) is 12.7. The van der Waals surface area contributed by atoms with Gasteiger partial charge in [-0.3, -0.25) is 0 Å². The van der Waals surface area contributed by atoms with Crippen LogP contribution in [0.2, 0.25) is 0 Å². The lowest BCUT2D eigenvalue weighted by atomic mass is 10.1. The van der Waals surface area contributed by atoms with Crippen LogP contribution in [0.25, 0.3) is 0 Å². The normalized spacial score (nSPS) is 34.2. The van der Waals surface area contributed by atoms with Gasteiger partial charge in [0, 0.05) is 70.0 Å². The molecule has 2 heterocycles. The van der Waals surface area contributed by atoms with E-state index in [-0.39, 0.29) is 0 Å². The first-order valence-electron chi connectivity index (χ1n) is 7.77. The van der Waals surface area contributed by atoms with E-state index in [0.29, 0.717) is 37.3 Å². The molecule has 10 N–H and O–H groups in total. The molecule has 0 aromatic carbocycles. The number of hydrogen-bond donors (Lipinski definition) is 7. The number of nitrogens with one attached hydrogen (secondary N) is 4. The molecule has 2 aliphatic heterocycles. The fraction of sp³-hybridized carbons (Fsp3) is 1.00. The molecule has 0 spiro atoms. The molecule has 7 nitrogen and oxygen atoms in total. The molecule has 4 atom stereocenters. The third kappa shape index (κ3) is 6.45. The van der Waals surface area contributed by atoms with Crippen molar-refractivity contribution >= 4 is 0 Å². The first-order valence-corrected chi connectivity index (χ1v) is 7.77. The van der Waals surface area contributed by atoms with E-state index in [1.807, 2.05) is 0 Å². The van der Waals surface area contributed by atoms with Gasteiger partial charge in [0.05, 0.1) is 0 Å². The Kier molecular flexibility index (Phi) is 9.28. The van der Waals surface area contributed by atoms with E-state index < -0.39 is 0 Å². The maximum absolute atomic E-state index is 5.52. The first-order chi connectivity index (χ1) is 9.73. The summed E-state index contributed by atoms with van der Waals surface area (Å²) in [6, 6.07) is 1.98. The van der Waals surface area contributed by atoms with Crippen molar-refractivity contribution in [3.05, 3.63) is 0 Å². The average Bonchev–Trinajstić information content (AvgIpc) is 2.55. The van der Waals surface area contributed by atoms with E-state index >= 15 is 0 Å². The Labute approximate surface area is 122 Å². The second-order valence-electron chi connectivity index (χ2n) is 5.54. The van der Waals surface area contributed by atoms with Crippen LogP contribution in [-0.4, -0.2) is 70.0 Å². The summed E-state index contributed by atoms with van der Waals surface area (Å²) in [5, 5.41) is 13.4. The van der Waals surface area contributed by atoms with Crippen LogP contribution in [0.3, 0.4) is 0 Å². The van der Waals surface area contributed by atoms with Gasteiger partial charge in [-0.25, -0.2) is 0 Å². The zero-order chi connectivity index (χ0) is 14.8. The maximum atomic E-state index is 5.52. The van der Waals surface area contributed by atoms with Crippen molar-refractivity contribution in [1.82, 2.24) is 21.3 Å². The summed E-state index contributed by atoms with van der Waals surface area (Å²) in [6.07, 6.45) is 1.18. The highest BCUT2D eigenvalue weighted by Crippen LogP contribution is 1.96. The quantitative estimate of drug-likeness (QED) is 0.296. The third-order valence-electron chi connectivity index (χ3n) is 3.91. The Bertz CT molecular complexity index is 209. The highest BCUT2D eigenvalue weighted by Gasteiger charge is 2.17. The van der Waals surface area contributed by atoms with Crippen molar-refractivity contribution in [3.8, 4) is 0 Å². The Morgan fingerprint density at radius 3 is 1.65 bits per heavy atom. The zero-order valence-corrected chi connectivity index (χ0v) is 12.7. The van der Waals surface area contributed by atoms with Crippen molar-refractivity contribution < 1.29 is 0 Å². The van der Waals surface area contributed by atoms with Crippen molar-refractivity contribution in [2.24, 2.45) is 17.2 Å². The van der Waals surface area contributed by atoms with E-state index in [2.05, 4.69) is 28.2 Å². The van der Waals surface area contributed by atoms with Gasteiger partial charge in [0.1, 0.15) is 0 Å². The van der Waals surface area contributed by atoms with E-state index in [1.54, 1.807) is 0 Å². The molecular formula is C13H33N7. The molecule has 0 aromatic rings. The second kappa shape index (κ2) is 10.4. The summed E-state index contributed by atoms with van der Waals surface area (Å²) >= 11 is 0. The lowest BCUT2D eigenvalue weighted by Crippen LogP contribution is -2.58. The molecule has 4 unspecified atom stereocenters. The Morgan fingerprint density at radius 1 is 0.750 bits per heavy atom. The van der Waals surface area contributed by atoms with Gasteiger partial charge < -0.3 is 38.5 Å². The fourth-order valence-electron chi connectivity index (χ4n) is 2.39. The molecule has 2 rings (SSSR count). The number of piperazine rings is 2. The van der Waals surface area contributed by atoms with Crippen LogP contribution in [0, 0.1) is 0 Å². The van der Waals surface area contributed by atoms with E-state index in [4.69, 9.17) is 17.2 Å². The van der Waals surface area contributed by atoms with Crippen LogP contribution in [-0.2, 0) is 0 Å². The molecule has 7 heteroatoms. The largest absolute Gasteiger partial charge is 0.329 e. The Hall–Kier alpha value is -0.280. The lowest BCUT2D eigenvalue weighted by Gasteiger charge is -2.30. The second-order valence-corrected chi connectivity index (χ2v) is 5.54. The van der Waals surface area contributed by atoms with Crippen LogP contribution in [0.1, 0.15) is 13.3 Å². The summed E-state index contributed by atoms with van der Waals surface area (Å²) < 4.78 is 0. The smallest absolute Gasteiger partial charge is 0.0318 e. The van der Waals surface area contributed by atoms with Gasteiger partial charge in [0.25, 0.3) is 0 Å². The lowest BCUT2D eigenvalue weighted by molar-refractivity contribution is 0.336. The van der Waals surface area contributed by atoms with Gasteiger partial charge in [-0.1, -0.05) is 6.92 Å². The first kappa shape index (κ1) is 17.8.